The molecule has 0 aliphatic heterocycles. The van der Waals surface area contributed by atoms with Crippen LogP contribution in [0.4, 0.5) is 10.7 Å². The topological polar surface area (TPSA) is 116 Å². The van der Waals surface area contributed by atoms with Crippen LogP contribution in [0.5, 0.6) is 0 Å². The molecule has 2 rings (SSSR count). The highest BCUT2D eigenvalue weighted by atomic mass is 16.4. The predicted molar refractivity (Wildman–Crippen MR) is 50.6 cm³/mol. The summed E-state index contributed by atoms with van der Waals surface area (Å²) < 4.78 is 1.77. The molecule has 3 N–H and O–H groups in total. The third kappa shape index (κ3) is 1.15. The van der Waals surface area contributed by atoms with E-state index in [-0.39, 0.29) is 17.1 Å². The van der Waals surface area contributed by atoms with Crippen LogP contribution in [0.3, 0.4) is 0 Å². The zero-order valence-corrected chi connectivity index (χ0v) is 7.71. The Bertz CT molecular complexity index is 611. The van der Waals surface area contributed by atoms with Gasteiger partial charge in [-0.25, -0.2) is 14.3 Å². The third-order valence-electron chi connectivity index (χ3n) is 2.03. The molecule has 2 heterocycles. The number of nitrogens with zero attached hydrogens (tertiary/aromatic N) is 4. The van der Waals surface area contributed by atoms with Crippen molar-refractivity contribution in [3.63, 3.8) is 0 Å². The van der Waals surface area contributed by atoms with Crippen molar-refractivity contribution in [1.82, 2.24) is 19.1 Å². The fraction of sp³-hybridized carbons (Fsp3) is 0.143. The number of nitrogen functional groups attached to an aromatic ring is 1. The highest BCUT2D eigenvalue weighted by Gasteiger charge is 2.15. The number of hydrogen-bond donors (Lipinski definition) is 2. The number of anilines is 1. The molecule has 8 nitrogen and oxygen atoms in total. The van der Waals surface area contributed by atoms with Gasteiger partial charge in [0.1, 0.15) is 6.33 Å². The first-order valence-electron chi connectivity index (χ1n) is 3.95. The standard InChI is InChI=1S/C7H7N5O3/c1-11-5(13)3-4(10-6(11)8)9-2-12(3)7(14)15/h2H,1H3,(H2,8,10)(H,14,15). The zero-order chi connectivity index (χ0) is 11.2. The number of imidazole rings is 1. The minimum atomic E-state index is -1.29. The third-order valence-corrected chi connectivity index (χ3v) is 2.03. The zero-order valence-electron chi connectivity index (χ0n) is 7.71. The van der Waals surface area contributed by atoms with Crippen LogP contribution in [0.2, 0.25) is 0 Å². The lowest BCUT2D eigenvalue weighted by Gasteiger charge is -2.01. The average molecular weight is 209 g/mol. The highest BCUT2D eigenvalue weighted by molar-refractivity contribution is 5.83. The van der Waals surface area contributed by atoms with Crippen LogP contribution < -0.4 is 11.3 Å². The van der Waals surface area contributed by atoms with Gasteiger partial charge in [-0.05, 0) is 0 Å². The number of carbonyl (C=O) groups is 1. The minimum absolute atomic E-state index is 0.0110. The Morgan fingerprint density at radius 2 is 2.27 bits per heavy atom. The Morgan fingerprint density at radius 3 is 2.87 bits per heavy atom. The molecule has 0 fully saturated rings. The molecule has 0 saturated heterocycles. The molecule has 0 aromatic carbocycles. The smallest absolute Gasteiger partial charge is 0.417 e. The van der Waals surface area contributed by atoms with E-state index in [2.05, 4.69) is 9.97 Å². The molecule has 0 atom stereocenters. The predicted octanol–water partition coefficient (Wildman–Crippen LogP) is -0.762. The number of carboxylic acid groups (broad SMARTS) is 1. The monoisotopic (exact) mass is 209 g/mol. The molecular formula is C7H7N5O3. The lowest BCUT2D eigenvalue weighted by Crippen LogP contribution is -2.24. The summed E-state index contributed by atoms with van der Waals surface area (Å²) in [6.07, 6.45) is -0.276. The van der Waals surface area contributed by atoms with E-state index in [1.165, 1.54) is 7.05 Å². The van der Waals surface area contributed by atoms with Crippen molar-refractivity contribution in [3.05, 3.63) is 16.7 Å². The van der Waals surface area contributed by atoms with Gasteiger partial charge >= 0.3 is 6.09 Å². The fourth-order valence-electron chi connectivity index (χ4n) is 1.21. The summed E-state index contributed by atoms with van der Waals surface area (Å²) in [5.74, 6) is -0.0110. The molecule has 0 unspecified atom stereocenters. The van der Waals surface area contributed by atoms with Crippen molar-refractivity contribution < 1.29 is 9.90 Å². The van der Waals surface area contributed by atoms with Gasteiger partial charge in [0, 0.05) is 7.05 Å². The van der Waals surface area contributed by atoms with E-state index in [1.54, 1.807) is 0 Å². The molecule has 0 saturated carbocycles. The van der Waals surface area contributed by atoms with Crippen LogP contribution >= 0.6 is 0 Å². The highest BCUT2D eigenvalue weighted by Crippen LogP contribution is 2.06. The second-order valence-electron chi connectivity index (χ2n) is 2.90. The lowest BCUT2D eigenvalue weighted by atomic mass is 10.5. The lowest BCUT2D eigenvalue weighted by molar-refractivity contribution is 0.197. The number of nitrogens with two attached hydrogens (primary N) is 1. The summed E-state index contributed by atoms with van der Waals surface area (Å²) in [5, 5.41) is 8.77. The van der Waals surface area contributed by atoms with Gasteiger partial charge in [-0.2, -0.15) is 4.98 Å². The maximum Gasteiger partial charge on any atom is 0.417 e. The molecule has 0 bridgehead atoms. The van der Waals surface area contributed by atoms with Gasteiger partial charge in [0.05, 0.1) is 0 Å². The Morgan fingerprint density at radius 1 is 1.60 bits per heavy atom. The fourth-order valence-corrected chi connectivity index (χ4v) is 1.21. The molecule has 2 aromatic rings. The summed E-state index contributed by atoms with van der Waals surface area (Å²) in [6.45, 7) is 0. The Labute approximate surface area is 82.6 Å². The molecule has 0 aliphatic carbocycles. The van der Waals surface area contributed by atoms with E-state index in [1.807, 2.05) is 0 Å². The molecule has 0 spiro atoms. The van der Waals surface area contributed by atoms with Crippen molar-refractivity contribution >= 4 is 23.2 Å². The summed E-state index contributed by atoms with van der Waals surface area (Å²) in [6, 6.07) is 0. The molecule has 0 radical (unpaired) electrons. The van der Waals surface area contributed by atoms with Crippen molar-refractivity contribution in [3.8, 4) is 0 Å². The number of hydrogen-bond acceptors (Lipinski definition) is 5. The van der Waals surface area contributed by atoms with Crippen LogP contribution in [0, 0.1) is 0 Å². The second-order valence-corrected chi connectivity index (χ2v) is 2.90. The molecule has 15 heavy (non-hydrogen) atoms. The van der Waals surface area contributed by atoms with Gasteiger partial charge in [-0.1, -0.05) is 0 Å². The average Bonchev–Trinajstić information content (AvgIpc) is 2.58. The number of aromatic nitrogens is 4. The van der Waals surface area contributed by atoms with E-state index in [9.17, 15) is 9.59 Å². The molecule has 0 amide bonds. The van der Waals surface area contributed by atoms with Gasteiger partial charge in [0.25, 0.3) is 5.56 Å². The summed E-state index contributed by atoms with van der Waals surface area (Å²) in [4.78, 5) is 29.9. The SMILES string of the molecule is Cn1c(N)nc2ncn(C(=O)O)c2c1=O. The van der Waals surface area contributed by atoms with Gasteiger partial charge in [-0.3, -0.25) is 9.36 Å². The van der Waals surface area contributed by atoms with E-state index in [4.69, 9.17) is 10.8 Å². The maximum absolute atomic E-state index is 11.7. The Balaban J connectivity index is 2.98. The molecule has 2 aromatic heterocycles. The van der Waals surface area contributed by atoms with Crippen LogP contribution in [0.15, 0.2) is 11.1 Å². The van der Waals surface area contributed by atoms with Crippen LogP contribution in [0.1, 0.15) is 0 Å². The van der Waals surface area contributed by atoms with Gasteiger partial charge in [0.15, 0.2) is 11.2 Å². The van der Waals surface area contributed by atoms with Crippen molar-refractivity contribution in [2.45, 2.75) is 0 Å². The van der Waals surface area contributed by atoms with Gasteiger partial charge in [-0.15, -0.1) is 0 Å². The normalized spacial score (nSPS) is 10.7. The van der Waals surface area contributed by atoms with E-state index >= 15 is 0 Å². The molecule has 8 heteroatoms. The molecular weight excluding hydrogens is 202 g/mol. The van der Waals surface area contributed by atoms with E-state index < -0.39 is 11.7 Å². The summed E-state index contributed by atoms with van der Waals surface area (Å²) in [7, 11) is 1.41. The van der Waals surface area contributed by atoms with Crippen LogP contribution in [0.25, 0.3) is 11.2 Å². The summed E-state index contributed by atoms with van der Waals surface area (Å²) in [5.41, 5.74) is 4.81. The maximum atomic E-state index is 11.7. The number of fused-ring (bicyclic) bond motifs is 1. The first-order valence-corrected chi connectivity index (χ1v) is 3.95. The van der Waals surface area contributed by atoms with E-state index in [0.717, 1.165) is 10.9 Å². The first-order chi connectivity index (χ1) is 7.02. The molecule has 78 valence electrons. The Kier molecular flexibility index (Phi) is 1.72. The molecule has 0 aliphatic rings. The van der Waals surface area contributed by atoms with Crippen molar-refractivity contribution in [2.24, 2.45) is 7.05 Å². The number of rotatable bonds is 0. The Hall–Kier alpha value is -2.38. The van der Waals surface area contributed by atoms with Crippen LogP contribution in [-0.4, -0.2) is 30.3 Å². The van der Waals surface area contributed by atoms with E-state index in [0.29, 0.717) is 4.57 Å². The van der Waals surface area contributed by atoms with Crippen molar-refractivity contribution in [2.75, 3.05) is 5.73 Å². The summed E-state index contributed by atoms with van der Waals surface area (Å²) >= 11 is 0. The largest absolute Gasteiger partial charge is 0.464 e. The quantitative estimate of drug-likeness (QED) is 0.589. The minimum Gasteiger partial charge on any atom is -0.464 e. The van der Waals surface area contributed by atoms with Gasteiger partial charge < -0.3 is 10.8 Å². The first kappa shape index (κ1) is 9.19. The van der Waals surface area contributed by atoms with Crippen molar-refractivity contribution in [1.29, 1.82) is 0 Å². The van der Waals surface area contributed by atoms with Crippen LogP contribution in [-0.2, 0) is 7.05 Å². The second kappa shape index (κ2) is 2.80. The van der Waals surface area contributed by atoms with Gasteiger partial charge in [0.2, 0.25) is 5.95 Å².